The van der Waals surface area contributed by atoms with Crippen LogP contribution in [-0.2, 0) is 44.8 Å². The van der Waals surface area contributed by atoms with Crippen LogP contribution in [0.25, 0.3) is 0 Å². The van der Waals surface area contributed by atoms with Crippen molar-refractivity contribution in [3.05, 3.63) is 29.8 Å². The first-order chi connectivity index (χ1) is 21.7. The zero-order valence-corrected chi connectivity index (χ0v) is 27.1. The predicted molar refractivity (Wildman–Crippen MR) is 172 cm³/mol. The minimum Gasteiger partial charge on any atom is -0.508 e. The van der Waals surface area contributed by atoms with E-state index in [2.05, 4.69) is 51.8 Å². The summed E-state index contributed by atoms with van der Waals surface area (Å²) >= 11 is 7.93. The van der Waals surface area contributed by atoms with Crippen LogP contribution >= 0.6 is 25.3 Å². The number of benzene rings is 1. The van der Waals surface area contributed by atoms with Crippen molar-refractivity contribution in [2.75, 3.05) is 11.5 Å². The van der Waals surface area contributed by atoms with Crippen LogP contribution in [0.4, 0.5) is 0 Å². The lowest BCUT2D eigenvalue weighted by Gasteiger charge is -2.28. The van der Waals surface area contributed by atoms with Crippen molar-refractivity contribution in [2.45, 2.75) is 69.7 Å². The standard InChI is InChI=1S/C28H41N7O9S2/c1-3-14(2)23(35-26(42)17(31-22(39)8-9-45)10-15-4-6-16(37)7-5-15)28(44)33-19(12-36)27(43)32-18(11-21(29)38)25(41)34-20(13-46)24(30)40/h4-7,12,14,17-20,23,37,45-46H,3,8-11,13H2,1-2H3,(H2,29,38)(H2,30,40)(H,31,39)(H,32,43)(H,33,44)(H,34,41)(H,35,42)/t14-,17-,18-,19-,20-,23-/m0/s1. The Bertz CT molecular complexity index is 1270. The number of aromatic hydroxyl groups is 1. The molecule has 0 fully saturated rings. The highest BCUT2D eigenvalue weighted by Gasteiger charge is 2.34. The molecule has 7 amide bonds. The molecule has 0 radical (unpaired) electrons. The van der Waals surface area contributed by atoms with Crippen LogP contribution in [0.1, 0.15) is 38.7 Å². The van der Waals surface area contributed by atoms with Gasteiger partial charge in [0.15, 0.2) is 12.3 Å². The smallest absolute Gasteiger partial charge is 0.250 e. The van der Waals surface area contributed by atoms with Gasteiger partial charge in [0.2, 0.25) is 35.4 Å². The summed E-state index contributed by atoms with van der Waals surface area (Å²) in [4.78, 5) is 99.6. The molecule has 0 heterocycles. The number of aldehydes is 1. The molecule has 0 spiro atoms. The molecule has 1 aromatic rings. The molecular formula is C28H41N7O9S2. The van der Waals surface area contributed by atoms with Gasteiger partial charge in [-0.1, -0.05) is 32.4 Å². The molecule has 1 aromatic carbocycles. The number of phenols is 1. The Morgan fingerprint density at radius 2 is 1.41 bits per heavy atom. The second kappa shape index (κ2) is 19.9. The van der Waals surface area contributed by atoms with Crippen LogP contribution in [-0.4, -0.2) is 94.5 Å². The van der Waals surface area contributed by atoms with Crippen molar-refractivity contribution in [3.8, 4) is 5.75 Å². The fraction of sp³-hybridized carbons (Fsp3) is 0.500. The number of nitrogens with one attached hydrogen (secondary N) is 5. The van der Waals surface area contributed by atoms with E-state index in [-0.39, 0.29) is 36.4 Å². The molecule has 0 aliphatic carbocycles. The van der Waals surface area contributed by atoms with Gasteiger partial charge < -0.3 is 48.0 Å². The van der Waals surface area contributed by atoms with Crippen molar-refractivity contribution >= 4 is 72.9 Å². The number of primary amides is 2. The lowest BCUT2D eigenvalue weighted by atomic mass is 9.96. The van der Waals surface area contributed by atoms with Crippen LogP contribution in [0.15, 0.2) is 24.3 Å². The second-order valence-electron chi connectivity index (χ2n) is 10.3. The highest BCUT2D eigenvalue weighted by atomic mass is 32.1. The van der Waals surface area contributed by atoms with Gasteiger partial charge in [0.25, 0.3) is 5.91 Å². The summed E-state index contributed by atoms with van der Waals surface area (Å²) < 4.78 is 0. The van der Waals surface area contributed by atoms with Gasteiger partial charge in [-0.15, -0.1) is 0 Å². The number of rotatable bonds is 20. The molecule has 0 saturated heterocycles. The molecule has 1 rings (SSSR count). The van der Waals surface area contributed by atoms with Gasteiger partial charge in [0.1, 0.15) is 29.9 Å². The summed E-state index contributed by atoms with van der Waals surface area (Å²) in [5.74, 6) is -6.79. The zero-order valence-electron chi connectivity index (χ0n) is 25.4. The average Bonchev–Trinajstić information content (AvgIpc) is 3.00. The SMILES string of the molecule is CC[C@H](C)[C@H](NC(=O)[C@H](Cc1ccc(O)cc1)NC(=O)CCS)C(=O)N[C@@H](C=O)C(=O)N[C@@H](CC(N)=O)C(=O)N[C@@H](CS)C(N)=O. The minimum atomic E-state index is -1.88. The first kappa shape index (κ1) is 39.7. The molecule has 0 aromatic heterocycles. The van der Waals surface area contributed by atoms with E-state index in [4.69, 9.17) is 11.5 Å². The Balaban J connectivity index is 3.16. The first-order valence-corrected chi connectivity index (χ1v) is 15.5. The zero-order chi connectivity index (χ0) is 35.0. The van der Waals surface area contributed by atoms with E-state index < -0.39 is 83.9 Å². The number of amides is 7. The summed E-state index contributed by atoms with van der Waals surface area (Å²) in [5, 5.41) is 21.3. The maximum absolute atomic E-state index is 13.4. The first-order valence-electron chi connectivity index (χ1n) is 14.2. The summed E-state index contributed by atoms with van der Waals surface area (Å²) in [6.45, 7) is 3.37. The number of carbonyl (C=O) groups excluding carboxylic acids is 8. The van der Waals surface area contributed by atoms with Gasteiger partial charge in [0.05, 0.1) is 6.42 Å². The summed E-state index contributed by atoms with van der Waals surface area (Å²) in [7, 11) is 0. The predicted octanol–water partition coefficient (Wildman–Crippen LogP) is -2.79. The summed E-state index contributed by atoms with van der Waals surface area (Å²) in [6.07, 6.45) is -0.250. The normalized spacial score (nSPS) is 14.6. The average molecular weight is 684 g/mol. The molecule has 0 aliphatic heterocycles. The third kappa shape index (κ3) is 13.4. The van der Waals surface area contributed by atoms with E-state index in [1.807, 2.05) is 0 Å². The van der Waals surface area contributed by atoms with Gasteiger partial charge in [-0.2, -0.15) is 25.3 Å². The van der Waals surface area contributed by atoms with Crippen molar-refractivity contribution in [1.82, 2.24) is 26.6 Å². The molecule has 0 bridgehead atoms. The summed E-state index contributed by atoms with van der Waals surface area (Å²) in [6, 6.07) is -1.25. The van der Waals surface area contributed by atoms with E-state index in [0.717, 1.165) is 0 Å². The van der Waals surface area contributed by atoms with Crippen LogP contribution in [0, 0.1) is 5.92 Å². The number of thiol groups is 2. The van der Waals surface area contributed by atoms with Gasteiger partial charge in [-0.3, -0.25) is 33.6 Å². The largest absolute Gasteiger partial charge is 0.508 e. The molecule has 0 unspecified atom stereocenters. The second-order valence-corrected chi connectivity index (χ2v) is 11.1. The van der Waals surface area contributed by atoms with Crippen molar-refractivity contribution in [3.63, 3.8) is 0 Å². The molecule has 254 valence electrons. The van der Waals surface area contributed by atoms with Crippen molar-refractivity contribution in [2.24, 2.45) is 17.4 Å². The molecular weight excluding hydrogens is 642 g/mol. The Kier molecular flexibility index (Phi) is 17.2. The van der Waals surface area contributed by atoms with Gasteiger partial charge in [-0.05, 0) is 29.4 Å². The molecule has 10 N–H and O–H groups in total. The van der Waals surface area contributed by atoms with Crippen molar-refractivity contribution in [1.29, 1.82) is 0 Å². The summed E-state index contributed by atoms with van der Waals surface area (Å²) in [5.41, 5.74) is 11.0. The molecule has 0 saturated carbocycles. The maximum atomic E-state index is 13.4. The van der Waals surface area contributed by atoms with Crippen LogP contribution in [0.2, 0.25) is 0 Å². The van der Waals surface area contributed by atoms with Crippen LogP contribution < -0.4 is 38.1 Å². The topological polar surface area (TPSA) is 269 Å². The monoisotopic (exact) mass is 683 g/mol. The quantitative estimate of drug-likeness (QED) is 0.0386. The fourth-order valence-electron chi connectivity index (χ4n) is 3.96. The lowest BCUT2D eigenvalue weighted by molar-refractivity contribution is -0.137. The van der Waals surface area contributed by atoms with E-state index >= 15 is 0 Å². The number of carbonyl (C=O) groups is 8. The van der Waals surface area contributed by atoms with Crippen LogP contribution in [0.3, 0.4) is 0 Å². The Hall–Kier alpha value is -4.32. The van der Waals surface area contributed by atoms with Crippen molar-refractivity contribution < 1.29 is 43.5 Å². The number of hydrogen-bond donors (Lipinski definition) is 10. The molecule has 0 aliphatic rings. The number of hydrogen-bond acceptors (Lipinski definition) is 11. The van der Waals surface area contributed by atoms with Gasteiger partial charge in [0, 0.05) is 18.6 Å². The lowest BCUT2D eigenvalue weighted by Crippen LogP contribution is -2.61. The molecule has 16 nitrogen and oxygen atoms in total. The van der Waals surface area contributed by atoms with E-state index in [9.17, 15) is 43.5 Å². The van der Waals surface area contributed by atoms with Gasteiger partial charge >= 0.3 is 0 Å². The highest BCUT2D eigenvalue weighted by Crippen LogP contribution is 2.13. The van der Waals surface area contributed by atoms with E-state index in [0.29, 0.717) is 12.0 Å². The van der Waals surface area contributed by atoms with E-state index in [1.54, 1.807) is 26.0 Å². The highest BCUT2D eigenvalue weighted by molar-refractivity contribution is 7.80. The third-order valence-electron chi connectivity index (χ3n) is 6.76. The Morgan fingerprint density at radius 3 is 1.91 bits per heavy atom. The van der Waals surface area contributed by atoms with E-state index in [1.165, 1.54) is 12.1 Å². The number of nitrogens with two attached hydrogens (primary N) is 2. The molecule has 6 atom stereocenters. The molecule has 18 heteroatoms. The Labute approximate surface area is 276 Å². The maximum Gasteiger partial charge on any atom is 0.250 e. The fourth-order valence-corrected chi connectivity index (χ4v) is 4.43. The minimum absolute atomic E-state index is 0.000210. The third-order valence-corrected chi connectivity index (χ3v) is 7.35. The van der Waals surface area contributed by atoms with Gasteiger partial charge in [-0.25, -0.2) is 0 Å². The Morgan fingerprint density at radius 1 is 0.826 bits per heavy atom. The van der Waals surface area contributed by atoms with Crippen LogP contribution in [0.5, 0.6) is 5.75 Å². The number of phenolic OH excluding ortho intramolecular Hbond substituents is 1. The molecule has 46 heavy (non-hydrogen) atoms.